The number of aromatic nitrogens is 1. The summed E-state index contributed by atoms with van der Waals surface area (Å²) in [7, 11) is 0. The molecule has 2 fully saturated rings. The molecule has 2 aliphatic heterocycles. The van der Waals surface area contributed by atoms with Gasteiger partial charge in [-0.25, -0.2) is 0 Å². The van der Waals surface area contributed by atoms with Crippen molar-refractivity contribution in [2.75, 3.05) is 6.54 Å². The van der Waals surface area contributed by atoms with E-state index in [1.165, 1.54) is 6.26 Å². The molecule has 0 radical (unpaired) electrons. The molecule has 4 heterocycles. The van der Waals surface area contributed by atoms with Crippen molar-refractivity contribution in [2.24, 2.45) is 0 Å². The number of nitrogens with zero attached hydrogens (tertiary/aromatic N) is 3. The largest absolute Gasteiger partial charge is 0.459 e. The topological polar surface area (TPSA) is 66.7 Å². The minimum absolute atomic E-state index is 0.0585. The van der Waals surface area contributed by atoms with Crippen molar-refractivity contribution in [3.63, 3.8) is 0 Å². The lowest BCUT2D eigenvalue weighted by atomic mass is 10.1. The number of carbonyl (C=O) groups is 2. The Kier molecular flexibility index (Phi) is 3.37. The Hall–Kier alpha value is -2.63. The summed E-state index contributed by atoms with van der Waals surface area (Å²) < 4.78 is 5.21. The van der Waals surface area contributed by atoms with Gasteiger partial charge in [0.15, 0.2) is 5.76 Å². The zero-order valence-electron chi connectivity index (χ0n) is 12.6. The number of furan rings is 1. The van der Waals surface area contributed by atoms with Crippen LogP contribution in [0.25, 0.3) is 0 Å². The lowest BCUT2D eigenvalue weighted by molar-refractivity contribution is -0.129. The molecule has 0 N–H and O–H groups in total. The average molecular weight is 311 g/mol. The van der Waals surface area contributed by atoms with E-state index in [9.17, 15) is 9.59 Å². The van der Waals surface area contributed by atoms with E-state index in [0.717, 1.165) is 12.0 Å². The Morgan fingerprint density at radius 1 is 1.30 bits per heavy atom. The van der Waals surface area contributed by atoms with Gasteiger partial charge in [-0.2, -0.15) is 0 Å². The van der Waals surface area contributed by atoms with Gasteiger partial charge in [-0.15, -0.1) is 0 Å². The van der Waals surface area contributed by atoms with Gasteiger partial charge in [0.05, 0.1) is 18.3 Å². The maximum absolute atomic E-state index is 12.5. The molecule has 4 rings (SSSR count). The molecular weight excluding hydrogens is 294 g/mol. The predicted molar refractivity (Wildman–Crippen MR) is 81.3 cm³/mol. The highest BCUT2D eigenvalue weighted by Gasteiger charge is 2.48. The van der Waals surface area contributed by atoms with Crippen LogP contribution in [0.15, 0.2) is 47.3 Å². The Labute approximate surface area is 133 Å². The van der Waals surface area contributed by atoms with E-state index in [0.29, 0.717) is 25.3 Å². The Bertz CT molecular complexity index is 714. The third-order valence-electron chi connectivity index (χ3n) is 4.68. The van der Waals surface area contributed by atoms with E-state index in [1.54, 1.807) is 29.4 Å². The van der Waals surface area contributed by atoms with Gasteiger partial charge in [0.2, 0.25) is 5.91 Å². The second-order valence-corrected chi connectivity index (χ2v) is 5.99. The summed E-state index contributed by atoms with van der Waals surface area (Å²) in [6.07, 6.45) is 6.19. The van der Waals surface area contributed by atoms with Crippen LogP contribution >= 0.6 is 0 Å². The van der Waals surface area contributed by atoms with Crippen LogP contribution in [-0.4, -0.2) is 45.2 Å². The maximum Gasteiger partial charge on any atom is 0.289 e. The molecule has 2 aromatic heterocycles. The van der Waals surface area contributed by atoms with Crippen LogP contribution in [0, 0.1) is 0 Å². The summed E-state index contributed by atoms with van der Waals surface area (Å²) in [6.45, 7) is 1.21. The highest BCUT2D eigenvalue weighted by Crippen LogP contribution is 2.34. The first-order chi connectivity index (χ1) is 11.2. The highest BCUT2D eigenvalue weighted by molar-refractivity contribution is 5.93. The zero-order valence-corrected chi connectivity index (χ0v) is 12.6. The maximum atomic E-state index is 12.5. The minimum atomic E-state index is -0.126. The van der Waals surface area contributed by atoms with Gasteiger partial charge in [0.25, 0.3) is 5.91 Å². The molecule has 2 saturated heterocycles. The Balaban J connectivity index is 1.52. The molecule has 118 valence electrons. The lowest BCUT2D eigenvalue weighted by Crippen LogP contribution is -2.39. The fourth-order valence-corrected chi connectivity index (χ4v) is 3.62. The molecule has 0 saturated carbocycles. The number of likely N-dealkylation sites (tertiary alicyclic amines) is 2. The second-order valence-electron chi connectivity index (χ2n) is 5.99. The molecule has 0 bridgehead atoms. The van der Waals surface area contributed by atoms with Crippen molar-refractivity contribution < 1.29 is 14.0 Å². The van der Waals surface area contributed by atoms with Crippen molar-refractivity contribution in [3.05, 3.63) is 54.2 Å². The van der Waals surface area contributed by atoms with Crippen LogP contribution in [-0.2, 0) is 11.3 Å². The standard InChI is InChI=1S/C17H17N3O3/c21-16-9-14-13(20(16)11-12-3-1-6-18-10-12)5-7-19(14)17(22)15-4-2-8-23-15/h1-4,6,8,10,13-14H,5,7,9,11H2. The van der Waals surface area contributed by atoms with Crippen LogP contribution in [0.4, 0.5) is 0 Å². The van der Waals surface area contributed by atoms with Crippen LogP contribution in [0.2, 0.25) is 0 Å². The number of amides is 2. The quantitative estimate of drug-likeness (QED) is 0.865. The number of hydrogen-bond donors (Lipinski definition) is 0. The first kappa shape index (κ1) is 14.0. The fourth-order valence-electron chi connectivity index (χ4n) is 3.62. The van der Waals surface area contributed by atoms with E-state index in [-0.39, 0.29) is 23.9 Å². The number of rotatable bonds is 3. The average Bonchev–Trinajstić information content (AvgIpc) is 3.27. The smallest absolute Gasteiger partial charge is 0.289 e. The van der Waals surface area contributed by atoms with Gasteiger partial charge >= 0.3 is 0 Å². The fraction of sp³-hybridized carbons (Fsp3) is 0.353. The summed E-state index contributed by atoms with van der Waals surface area (Å²) in [4.78, 5) is 32.7. The zero-order chi connectivity index (χ0) is 15.8. The van der Waals surface area contributed by atoms with Crippen LogP contribution in [0.1, 0.15) is 29.0 Å². The van der Waals surface area contributed by atoms with Crippen molar-refractivity contribution in [2.45, 2.75) is 31.5 Å². The highest BCUT2D eigenvalue weighted by atomic mass is 16.3. The van der Waals surface area contributed by atoms with Gasteiger partial charge < -0.3 is 14.2 Å². The first-order valence-corrected chi connectivity index (χ1v) is 7.77. The second kappa shape index (κ2) is 5.53. The van der Waals surface area contributed by atoms with Crippen molar-refractivity contribution in [1.82, 2.24) is 14.8 Å². The van der Waals surface area contributed by atoms with Crippen molar-refractivity contribution in [1.29, 1.82) is 0 Å². The molecule has 2 unspecified atom stereocenters. The SMILES string of the molecule is O=C1CC2C(CCN2C(=O)c2ccco2)N1Cc1cccnc1. The molecule has 2 amide bonds. The molecule has 2 atom stereocenters. The van der Waals surface area contributed by atoms with Crippen LogP contribution in [0.3, 0.4) is 0 Å². The van der Waals surface area contributed by atoms with Gasteiger partial charge in [0.1, 0.15) is 0 Å². The minimum Gasteiger partial charge on any atom is -0.459 e. The summed E-state index contributed by atoms with van der Waals surface area (Å²) in [5.74, 6) is 0.308. The van der Waals surface area contributed by atoms with E-state index < -0.39 is 0 Å². The Morgan fingerprint density at radius 2 is 2.22 bits per heavy atom. The lowest BCUT2D eigenvalue weighted by Gasteiger charge is -2.25. The van der Waals surface area contributed by atoms with Crippen molar-refractivity contribution in [3.8, 4) is 0 Å². The molecule has 2 aromatic rings. The Morgan fingerprint density at radius 3 is 2.96 bits per heavy atom. The number of carbonyl (C=O) groups excluding carboxylic acids is 2. The van der Waals surface area contributed by atoms with E-state index in [4.69, 9.17) is 4.42 Å². The molecular formula is C17H17N3O3. The van der Waals surface area contributed by atoms with Gasteiger partial charge in [0, 0.05) is 31.9 Å². The number of hydrogen-bond acceptors (Lipinski definition) is 4. The molecule has 0 aromatic carbocycles. The normalized spacial score (nSPS) is 23.4. The van der Waals surface area contributed by atoms with Crippen LogP contribution in [0.5, 0.6) is 0 Å². The van der Waals surface area contributed by atoms with E-state index in [2.05, 4.69) is 4.98 Å². The van der Waals surface area contributed by atoms with E-state index >= 15 is 0 Å². The van der Waals surface area contributed by atoms with Crippen molar-refractivity contribution >= 4 is 11.8 Å². The monoisotopic (exact) mass is 311 g/mol. The third-order valence-corrected chi connectivity index (χ3v) is 4.68. The summed E-state index contributed by atoms with van der Waals surface area (Å²) >= 11 is 0. The molecule has 0 spiro atoms. The summed E-state index contributed by atoms with van der Waals surface area (Å²) in [5, 5.41) is 0. The molecule has 2 aliphatic rings. The number of fused-ring (bicyclic) bond motifs is 1. The van der Waals surface area contributed by atoms with Gasteiger partial charge in [-0.1, -0.05) is 6.07 Å². The molecule has 6 heteroatoms. The van der Waals surface area contributed by atoms with Gasteiger partial charge in [-0.3, -0.25) is 14.6 Å². The molecule has 6 nitrogen and oxygen atoms in total. The molecule has 23 heavy (non-hydrogen) atoms. The van der Waals surface area contributed by atoms with E-state index in [1.807, 2.05) is 17.0 Å². The van der Waals surface area contributed by atoms with Gasteiger partial charge in [-0.05, 0) is 30.2 Å². The van der Waals surface area contributed by atoms with Crippen LogP contribution < -0.4 is 0 Å². The predicted octanol–water partition coefficient (Wildman–Crippen LogP) is 1.69. The summed E-state index contributed by atoms with van der Waals surface area (Å²) in [6, 6.07) is 7.23. The first-order valence-electron chi connectivity index (χ1n) is 7.77. The third kappa shape index (κ3) is 2.40. The number of pyridine rings is 1. The molecule has 0 aliphatic carbocycles. The summed E-state index contributed by atoms with van der Waals surface area (Å²) in [5.41, 5.74) is 1.01.